The minimum Gasteiger partial charge on any atom is -0.377 e. The first-order chi connectivity index (χ1) is 11.7. The van der Waals surface area contributed by atoms with Crippen molar-refractivity contribution in [1.29, 1.82) is 0 Å². The molecular weight excluding hydrogens is 322 g/mol. The fourth-order valence-electron chi connectivity index (χ4n) is 3.00. The molecule has 0 N–H and O–H groups in total. The predicted octanol–water partition coefficient (Wildman–Crippen LogP) is 3.21. The molecule has 0 saturated carbocycles. The summed E-state index contributed by atoms with van der Waals surface area (Å²) < 4.78 is 5.59. The lowest BCUT2D eigenvalue weighted by Crippen LogP contribution is -2.43. The van der Waals surface area contributed by atoms with E-state index in [9.17, 15) is 4.79 Å². The van der Waals surface area contributed by atoms with Gasteiger partial charge in [-0.2, -0.15) is 0 Å². The maximum atomic E-state index is 13.1. The minimum atomic E-state index is -0.124. The third-order valence-corrected chi connectivity index (χ3v) is 5.01. The van der Waals surface area contributed by atoms with Crippen molar-refractivity contribution in [2.24, 2.45) is 0 Å². The summed E-state index contributed by atoms with van der Waals surface area (Å²) in [7, 11) is 0. The molecule has 1 fully saturated rings. The molecule has 24 heavy (non-hydrogen) atoms. The van der Waals surface area contributed by atoms with Gasteiger partial charge in [0.1, 0.15) is 0 Å². The highest BCUT2D eigenvalue weighted by atomic mass is 32.1. The quantitative estimate of drug-likeness (QED) is 0.719. The van der Waals surface area contributed by atoms with Gasteiger partial charge in [0.05, 0.1) is 35.5 Å². The van der Waals surface area contributed by atoms with E-state index in [2.05, 4.69) is 9.97 Å². The van der Waals surface area contributed by atoms with Crippen LogP contribution in [-0.2, 0) is 4.74 Å². The first-order valence-electron chi connectivity index (χ1n) is 7.88. The van der Waals surface area contributed by atoms with E-state index in [4.69, 9.17) is 4.74 Å². The number of carbonyl (C=O) groups excluding carboxylic acids is 1. The average Bonchev–Trinajstić information content (AvgIpc) is 3.07. The zero-order valence-electron chi connectivity index (χ0n) is 13.3. The second-order valence-corrected chi connectivity index (χ2v) is 6.85. The van der Waals surface area contributed by atoms with Crippen LogP contribution in [0.3, 0.4) is 0 Å². The lowest BCUT2D eigenvalue weighted by atomic mass is 10.1. The van der Waals surface area contributed by atoms with Gasteiger partial charge in [0.15, 0.2) is 0 Å². The number of aryl methyl sites for hydroxylation is 1. The molecule has 1 unspecified atom stereocenters. The normalized spacial score (nSPS) is 18.0. The van der Waals surface area contributed by atoms with Crippen molar-refractivity contribution in [2.75, 3.05) is 19.8 Å². The molecule has 1 aliphatic rings. The second kappa shape index (κ2) is 6.30. The van der Waals surface area contributed by atoms with Gasteiger partial charge in [-0.25, -0.2) is 4.98 Å². The van der Waals surface area contributed by atoms with E-state index in [1.165, 1.54) is 0 Å². The summed E-state index contributed by atoms with van der Waals surface area (Å²) in [5, 5.41) is 3.98. The van der Waals surface area contributed by atoms with Crippen LogP contribution in [0.2, 0.25) is 0 Å². The molecular formula is C18H17N3O2S. The predicted molar refractivity (Wildman–Crippen MR) is 93.2 cm³/mol. The van der Waals surface area contributed by atoms with Crippen LogP contribution in [0.5, 0.6) is 0 Å². The van der Waals surface area contributed by atoms with Crippen molar-refractivity contribution in [3.05, 3.63) is 58.2 Å². The number of fused-ring (bicyclic) bond motifs is 1. The second-order valence-electron chi connectivity index (χ2n) is 5.79. The van der Waals surface area contributed by atoms with Crippen LogP contribution < -0.4 is 0 Å². The molecule has 1 saturated heterocycles. The molecule has 5 nitrogen and oxygen atoms in total. The van der Waals surface area contributed by atoms with Crippen molar-refractivity contribution in [2.45, 2.75) is 13.0 Å². The van der Waals surface area contributed by atoms with Gasteiger partial charge in [-0.1, -0.05) is 6.07 Å². The maximum absolute atomic E-state index is 13.1. The zero-order valence-corrected chi connectivity index (χ0v) is 14.1. The number of rotatable bonds is 2. The Morgan fingerprint density at radius 2 is 2.29 bits per heavy atom. The van der Waals surface area contributed by atoms with E-state index in [0.717, 1.165) is 21.6 Å². The summed E-state index contributed by atoms with van der Waals surface area (Å²) in [6.45, 7) is 3.59. The molecule has 1 amide bonds. The van der Waals surface area contributed by atoms with Crippen molar-refractivity contribution in [3.63, 3.8) is 0 Å². The van der Waals surface area contributed by atoms with Crippen LogP contribution in [0.4, 0.5) is 0 Å². The third kappa shape index (κ3) is 2.79. The minimum absolute atomic E-state index is 0.0136. The number of ether oxygens (including phenoxy) is 1. The number of amides is 1. The number of morpholine rings is 1. The maximum Gasteiger partial charge on any atom is 0.254 e. The number of benzene rings is 1. The summed E-state index contributed by atoms with van der Waals surface area (Å²) >= 11 is 1.60. The van der Waals surface area contributed by atoms with Crippen LogP contribution >= 0.6 is 11.3 Å². The fraction of sp³-hybridized carbons (Fsp3) is 0.278. The molecule has 2 aromatic heterocycles. The van der Waals surface area contributed by atoms with Crippen LogP contribution in [0.15, 0.2) is 41.9 Å². The van der Waals surface area contributed by atoms with Gasteiger partial charge in [0.2, 0.25) is 0 Å². The lowest BCUT2D eigenvalue weighted by molar-refractivity contribution is -0.00375. The molecule has 122 valence electrons. The van der Waals surface area contributed by atoms with Gasteiger partial charge >= 0.3 is 0 Å². The Kier molecular flexibility index (Phi) is 4.00. The first-order valence-corrected chi connectivity index (χ1v) is 8.76. The molecule has 0 spiro atoms. The van der Waals surface area contributed by atoms with Crippen molar-refractivity contribution in [3.8, 4) is 0 Å². The van der Waals surface area contributed by atoms with E-state index < -0.39 is 0 Å². The molecule has 1 aliphatic heterocycles. The van der Waals surface area contributed by atoms with Gasteiger partial charge in [0.25, 0.3) is 5.91 Å². The Labute approximate surface area is 143 Å². The van der Waals surface area contributed by atoms with Crippen molar-refractivity contribution >= 4 is 28.1 Å². The first kappa shape index (κ1) is 15.2. The molecule has 3 aromatic rings. The van der Waals surface area contributed by atoms with E-state index in [1.807, 2.05) is 47.5 Å². The monoisotopic (exact) mass is 339 g/mol. The van der Waals surface area contributed by atoms with Crippen LogP contribution in [-0.4, -0.2) is 40.5 Å². The highest BCUT2D eigenvalue weighted by Crippen LogP contribution is 2.27. The summed E-state index contributed by atoms with van der Waals surface area (Å²) in [6.07, 6.45) is 1.76. The SMILES string of the molecule is Cc1nc(C2COCCN2C(=O)c2ccc3ncccc3c2)cs1. The zero-order chi connectivity index (χ0) is 16.5. The molecule has 0 bridgehead atoms. The number of carbonyl (C=O) groups is 1. The summed E-state index contributed by atoms with van der Waals surface area (Å²) in [6, 6.07) is 9.37. The highest BCUT2D eigenvalue weighted by molar-refractivity contribution is 7.09. The summed E-state index contributed by atoms with van der Waals surface area (Å²) in [5.74, 6) is 0.0136. The van der Waals surface area contributed by atoms with Gasteiger partial charge in [0, 0.05) is 29.1 Å². The number of hydrogen-bond donors (Lipinski definition) is 0. The van der Waals surface area contributed by atoms with Crippen molar-refractivity contribution < 1.29 is 9.53 Å². The van der Waals surface area contributed by atoms with Crippen LogP contribution in [0.1, 0.15) is 27.1 Å². The number of thiazole rings is 1. The molecule has 3 heterocycles. The van der Waals surface area contributed by atoms with Gasteiger partial charge in [-0.3, -0.25) is 9.78 Å². The molecule has 4 rings (SSSR count). The lowest BCUT2D eigenvalue weighted by Gasteiger charge is -2.34. The Bertz CT molecular complexity index is 893. The Morgan fingerprint density at radius 1 is 1.38 bits per heavy atom. The van der Waals surface area contributed by atoms with E-state index in [-0.39, 0.29) is 11.9 Å². The Morgan fingerprint density at radius 3 is 3.12 bits per heavy atom. The van der Waals surface area contributed by atoms with E-state index in [1.54, 1.807) is 17.5 Å². The van der Waals surface area contributed by atoms with Gasteiger partial charge < -0.3 is 9.64 Å². The van der Waals surface area contributed by atoms with Crippen LogP contribution in [0.25, 0.3) is 10.9 Å². The molecule has 6 heteroatoms. The van der Waals surface area contributed by atoms with Gasteiger partial charge in [-0.15, -0.1) is 11.3 Å². The average molecular weight is 339 g/mol. The number of hydrogen-bond acceptors (Lipinski definition) is 5. The molecule has 1 aromatic carbocycles. The van der Waals surface area contributed by atoms with Crippen molar-refractivity contribution in [1.82, 2.24) is 14.9 Å². The summed E-state index contributed by atoms with van der Waals surface area (Å²) in [4.78, 5) is 23.8. The highest BCUT2D eigenvalue weighted by Gasteiger charge is 2.30. The molecule has 0 aliphatic carbocycles. The number of nitrogens with zero attached hydrogens (tertiary/aromatic N) is 3. The smallest absolute Gasteiger partial charge is 0.254 e. The van der Waals surface area contributed by atoms with Crippen LogP contribution in [0, 0.1) is 6.92 Å². The topological polar surface area (TPSA) is 55.3 Å². The Balaban J connectivity index is 1.67. The van der Waals surface area contributed by atoms with Gasteiger partial charge in [-0.05, 0) is 31.2 Å². The van der Waals surface area contributed by atoms with E-state index >= 15 is 0 Å². The summed E-state index contributed by atoms with van der Waals surface area (Å²) in [5.41, 5.74) is 2.48. The molecule has 0 radical (unpaired) electrons. The standard InChI is InChI=1S/C18H17N3O2S/c1-12-20-16(11-24-12)17-10-23-8-7-21(17)18(22)14-4-5-15-13(9-14)3-2-6-19-15/h2-6,9,11,17H,7-8,10H2,1H3. The fourth-order valence-corrected chi connectivity index (χ4v) is 3.66. The molecule has 1 atom stereocenters. The Hall–Kier alpha value is -2.31. The third-order valence-electron chi connectivity index (χ3n) is 4.22. The largest absolute Gasteiger partial charge is 0.377 e. The number of aromatic nitrogens is 2. The van der Waals surface area contributed by atoms with E-state index in [0.29, 0.717) is 25.3 Å². The number of pyridine rings is 1.